The smallest absolute Gasteiger partial charge is 0.410 e. The predicted octanol–water partition coefficient (Wildman–Crippen LogP) is 6.79. The zero-order valence-electron chi connectivity index (χ0n) is 21.2. The fraction of sp³-hybridized carbons (Fsp3) is 0.370. The summed E-state index contributed by atoms with van der Waals surface area (Å²) in [6.45, 7) is 9.80. The Balaban J connectivity index is 1.40. The van der Waals surface area contributed by atoms with Gasteiger partial charge in [-0.05, 0) is 58.0 Å². The van der Waals surface area contributed by atoms with Crippen LogP contribution < -0.4 is 9.64 Å². The fourth-order valence-electron chi connectivity index (χ4n) is 4.01. The van der Waals surface area contributed by atoms with Gasteiger partial charge >= 0.3 is 6.09 Å². The number of piperazine rings is 1. The molecule has 1 atom stereocenters. The number of hydrogen-bond acceptors (Lipinski definition) is 6. The third-order valence-corrected chi connectivity index (χ3v) is 6.56. The summed E-state index contributed by atoms with van der Waals surface area (Å²) >= 11 is 12.4. The van der Waals surface area contributed by atoms with E-state index < -0.39 is 17.5 Å². The van der Waals surface area contributed by atoms with Crippen molar-refractivity contribution in [3.63, 3.8) is 0 Å². The van der Waals surface area contributed by atoms with E-state index in [0.29, 0.717) is 42.5 Å². The normalized spacial score (nSPS) is 14.9. The lowest BCUT2D eigenvalue weighted by molar-refractivity contribution is 0.0240. The summed E-state index contributed by atoms with van der Waals surface area (Å²) in [5.41, 5.74) is 1.55. The molecule has 1 amide bonds. The van der Waals surface area contributed by atoms with Crippen LogP contribution in [0.2, 0.25) is 10.0 Å². The van der Waals surface area contributed by atoms with Crippen LogP contribution in [0.15, 0.2) is 48.9 Å². The monoisotopic (exact) mass is 546 g/mol. The largest absolute Gasteiger partial charge is 0.484 e. The number of amides is 1. The number of benzene rings is 1. The molecule has 1 aliphatic rings. The Morgan fingerprint density at radius 2 is 1.76 bits per heavy atom. The third kappa shape index (κ3) is 6.62. The van der Waals surface area contributed by atoms with Gasteiger partial charge in [0.05, 0.1) is 11.2 Å². The second kappa shape index (κ2) is 11.1. The van der Waals surface area contributed by atoms with Crippen molar-refractivity contribution in [1.29, 1.82) is 0 Å². The lowest BCUT2D eigenvalue weighted by atomic mass is 10.1. The lowest BCUT2D eigenvalue weighted by Gasteiger charge is -2.36. The minimum absolute atomic E-state index is 0.0594. The van der Waals surface area contributed by atoms with Crippen LogP contribution in [0.25, 0.3) is 11.1 Å². The Bertz CT molecular complexity index is 1260. The first-order valence-electron chi connectivity index (χ1n) is 12.0. The SMILES string of the molecule is C[C@H](Oc1cncc(-c2ccc(N3CCN(C(=O)OC(C)(C)C)CC3)nc2)c1)c1c(Cl)ccc(F)c1Cl. The molecule has 0 bridgehead atoms. The summed E-state index contributed by atoms with van der Waals surface area (Å²) in [7, 11) is 0. The molecule has 0 saturated carbocycles. The second-order valence-electron chi connectivity index (χ2n) is 9.79. The molecule has 0 aliphatic carbocycles. The van der Waals surface area contributed by atoms with Crippen molar-refractivity contribution >= 4 is 35.1 Å². The molecule has 10 heteroatoms. The van der Waals surface area contributed by atoms with Crippen molar-refractivity contribution in [3.05, 3.63) is 70.3 Å². The fourth-order valence-corrected chi connectivity index (χ4v) is 4.69. The first-order valence-corrected chi connectivity index (χ1v) is 12.7. The van der Waals surface area contributed by atoms with Crippen LogP contribution in [-0.2, 0) is 4.74 Å². The van der Waals surface area contributed by atoms with Crippen LogP contribution in [0.4, 0.5) is 15.0 Å². The Kier molecular flexibility index (Phi) is 8.09. The summed E-state index contributed by atoms with van der Waals surface area (Å²) in [5.74, 6) is 0.765. The Morgan fingerprint density at radius 3 is 2.41 bits per heavy atom. The molecule has 1 fully saturated rings. The molecule has 0 spiro atoms. The van der Waals surface area contributed by atoms with Gasteiger partial charge in [-0.3, -0.25) is 4.98 Å². The molecular formula is C27H29Cl2FN4O3. The maximum Gasteiger partial charge on any atom is 0.410 e. The van der Waals surface area contributed by atoms with E-state index in [2.05, 4.69) is 14.9 Å². The number of carbonyl (C=O) groups is 1. The highest BCUT2D eigenvalue weighted by Gasteiger charge is 2.26. The quantitative estimate of drug-likeness (QED) is 0.328. The molecule has 7 nitrogen and oxygen atoms in total. The van der Waals surface area contributed by atoms with E-state index in [9.17, 15) is 9.18 Å². The summed E-state index contributed by atoms with van der Waals surface area (Å²) in [6.07, 6.45) is 4.19. The molecule has 1 aliphatic heterocycles. The maximum atomic E-state index is 13.9. The summed E-state index contributed by atoms with van der Waals surface area (Å²) in [6, 6.07) is 8.42. The van der Waals surface area contributed by atoms with Crippen LogP contribution in [0.3, 0.4) is 0 Å². The van der Waals surface area contributed by atoms with E-state index in [-0.39, 0.29) is 11.1 Å². The number of aromatic nitrogens is 2. The van der Waals surface area contributed by atoms with Gasteiger partial charge < -0.3 is 19.3 Å². The number of nitrogens with zero attached hydrogens (tertiary/aromatic N) is 4. The molecular weight excluding hydrogens is 518 g/mol. The highest BCUT2D eigenvalue weighted by Crippen LogP contribution is 2.35. The molecule has 37 heavy (non-hydrogen) atoms. The van der Waals surface area contributed by atoms with E-state index in [1.807, 2.05) is 39.0 Å². The molecule has 3 heterocycles. The average Bonchev–Trinajstić information content (AvgIpc) is 2.86. The first kappa shape index (κ1) is 26.9. The molecule has 3 aromatic rings. The Morgan fingerprint density at radius 1 is 1.03 bits per heavy atom. The first-order chi connectivity index (χ1) is 17.5. The summed E-state index contributed by atoms with van der Waals surface area (Å²) < 4.78 is 25.4. The van der Waals surface area contributed by atoms with Crippen LogP contribution in [0.5, 0.6) is 5.75 Å². The number of rotatable bonds is 5. The number of carbonyl (C=O) groups excluding carboxylic acids is 1. The van der Waals surface area contributed by atoms with Gasteiger partial charge in [0, 0.05) is 60.3 Å². The zero-order valence-corrected chi connectivity index (χ0v) is 22.7. The highest BCUT2D eigenvalue weighted by molar-refractivity contribution is 6.36. The lowest BCUT2D eigenvalue weighted by Crippen LogP contribution is -2.50. The maximum absolute atomic E-state index is 13.9. The van der Waals surface area contributed by atoms with Crippen molar-refractivity contribution in [2.75, 3.05) is 31.1 Å². The van der Waals surface area contributed by atoms with Crippen LogP contribution in [0, 0.1) is 5.82 Å². The summed E-state index contributed by atoms with van der Waals surface area (Å²) in [4.78, 5) is 25.1. The molecule has 1 saturated heterocycles. The molecule has 0 radical (unpaired) electrons. The number of anilines is 1. The van der Waals surface area contributed by atoms with Gasteiger partial charge in [0.15, 0.2) is 0 Å². The number of ether oxygens (including phenoxy) is 2. The van der Waals surface area contributed by atoms with E-state index >= 15 is 0 Å². The molecule has 2 aromatic heterocycles. The zero-order chi connectivity index (χ0) is 26.7. The molecule has 1 aromatic carbocycles. The molecule has 0 unspecified atom stereocenters. The van der Waals surface area contributed by atoms with E-state index in [4.69, 9.17) is 32.7 Å². The van der Waals surface area contributed by atoms with Crippen molar-refractivity contribution in [1.82, 2.24) is 14.9 Å². The number of pyridine rings is 2. The third-order valence-electron chi connectivity index (χ3n) is 5.85. The Labute approximate surface area is 226 Å². The van der Waals surface area contributed by atoms with E-state index in [1.54, 1.807) is 30.4 Å². The van der Waals surface area contributed by atoms with Crippen LogP contribution >= 0.6 is 23.2 Å². The van der Waals surface area contributed by atoms with Gasteiger partial charge in [-0.2, -0.15) is 0 Å². The van der Waals surface area contributed by atoms with Crippen molar-refractivity contribution in [3.8, 4) is 16.9 Å². The molecule has 0 N–H and O–H groups in total. The second-order valence-corrected chi connectivity index (χ2v) is 10.6. The van der Waals surface area contributed by atoms with Crippen molar-refractivity contribution in [2.24, 2.45) is 0 Å². The van der Waals surface area contributed by atoms with Crippen molar-refractivity contribution in [2.45, 2.75) is 39.4 Å². The molecule has 4 rings (SSSR count). The van der Waals surface area contributed by atoms with Gasteiger partial charge in [0.25, 0.3) is 0 Å². The predicted molar refractivity (Wildman–Crippen MR) is 143 cm³/mol. The minimum Gasteiger partial charge on any atom is -0.484 e. The highest BCUT2D eigenvalue weighted by atomic mass is 35.5. The van der Waals surface area contributed by atoms with Gasteiger partial charge in [0.2, 0.25) is 0 Å². The van der Waals surface area contributed by atoms with Gasteiger partial charge in [-0.25, -0.2) is 14.2 Å². The van der Waals surface area contributed by atoms with Crippen molar-refractivity contribution < 1.29 is 18.7 Å². The van der Waals surface area contributed by atoms with Gasteiger partial charge in [-0.15, -0.1) is 0 Å². The Hall–Kier alpha value is -3.10. The standard InChI is InChI=1S/C27H29Cl2FN4O3/c1-17(24-21(28)6-7-22(30)25(24)29)36-20-13-19(14-31-16-20)18-5-8-23(32-15-18)33-9-11-34(12-10-33)26(35)37-27(2,3)4/h5-8,13-17H,9-12H2,1-4H3/t17-/m0/s1. The minimum atomic E-state index is -0.590. The average molecular weight is 547 g/mol. The van der Waals surface area contributed by atoms with Gasteiger partial charge in [-0.1, -0.05) is 23.2 Å². The topological polar surface area (TPSA) is 67.8 Å². The van der Waals surface area contributed by atoms with Crippen LogP contribution in [0.1, 0.15) is 39.4 Å². The van der Waals surface area contributed by atoms with Crippen LogP contribution in [-0.4, -0.2) is 52.7 Å². The molecule has 196 valence electrons. The van der Waals surface area contributed by atoms with Gasteiger partial charge in [0.1, 0.15) is 29.1 Å². The number of halogens is 3. The summed E-state index contributed by atoms with van der Waals surface area (Å²) in [5, 5.41) is 0.269. The van der Waals surface area contributed by atoms with E-state index in [1.165, 1.54) is 12.1 Å². The van der Waals surface area contributed by atoms with E-state index in [0.717, 1.165) is 16.9 Å². The number of hydrogen-bond donors (Lipinski definition) is 0.